The average molecular weight is 320 g/mol. The first-order valence-corrected chi connectivity index (χ1v) is 7.69. The van der Waals surface area contributed by atoms with Gasteiger partial charge in [-0.1, -0.05) is 18.2 Å². The van der Waals surface area contributed by atoms with Crippen molar-refractivity contribution in [2.24, 2.45) is 0 Å². The second-order valence-corrected chi connectivity index (χ2v) is 5.29. The van der Waals surface area contributed by atoms with Crippen LogP contribution in [0.2, 0.25) is 0 Å². The van der Waals surface area contributed by atoms with E-state index in [4.69, 9.17) is 9.47 Å². The Kier molecular flexibility index (Phi) is 4.87. The van der Waals surface area contributed by atoms with Crippen molar-refractivity contribution in [3.8, 4) is 11.5 Å². The SMILES string of the molecule is COc1cccc(Nc2cccc(Nc3cccc(OC)c3)c2)c1. The fourth-order valence-corrected chi connectivity index (χ4v) is 2.41. The Morgan fingerprint density at radius 3 is 1.33 bits per heavy atom. The summed E-state index contributed by atoms with van der Waals surface area (Å²) in [5.74, 6) is 1.65. The van der Waals surface area contributed by atoms with Crippen LogP contribution in [0.5, 0.6) is 11.5 Å². The van der Waals surface area contributed by atoms with Crippen LogP contribution < -0.4 is 20.1 Å². The summed E-state index contributed by atoms with van der Waals surface area (Å²) in [5, 5.41) is 6.77. The van der Waals surface area contributed by atoms with Crippen LogP contribution in [0.3, 0.4) is 0 Å². The molecule has 0 saturated heterocycles. The number of benzene rings is 3. The molecular formula is C20H20N2O2. The van der Waals surface area contributed by atoms with E-state index in [-0.39, 0.29) is 0 Å². The molecule has 0 spiro atoms. The van der Waals surface area contributed by atoms with Crippen LogP contribution in [0.1, 0.15) is 0 Å². The number of hydrogen-bond donors (Lipinski definition) is 2. The van der Waals surface area contributed by atoms with Crippen molar-refractivity contribution in [1.82, 2.24) is 0 Å². The van der Waals surface area contributed by atoms with E-state index in [9.17, 15) is 0 Å². The summed E-state index contributed by atoms with van der Waals surface area (Å²) in [6, 6.07) is 23.8. The van der Waals surface area contributed by atoms with Gasteiger partial charge in [0, 0.05) is 34.9 Å². The van der Waals surface area contributed by atoms with Crippen molar-refractivity contribution in [2.45, 2.75) is 0 Å². The van der Waals surface area contributed by atoms with Gasteiger partial charge in [-0.3, -0.25) is 0 Å². The predicted molar refractivity (Wildman–Crippen MR) is 99.0 cm³/mol. The molecule has 3 aromatic rings. The zero-order chi connectivity index (χ0) is 16.8. The third-order valence-corrected chi connectivity index (χ3v) is 3.58. The maximum Gasteiger partial charge on any atom is 0.120 e. The van der Waals surface area contributed by atoms with Gasteiger partial charge in [0.15, 0.2) is 0 Å². The molecule has 2 N–H and O–H groups in total. The van der Waals surface area contributed by atoms with Gasteiger partial charge in [0.25, 0.3) is 0 Å². The normalized spacial score (nSPS) is 10.1. The first-order chi connectivity index (χ1) is 11.8. The molecule has 0 aliphatic carbocycles. The van der Waals surface area contributed by atoms with Crippen LogP contribution >= 0.6 is 0 Å². The second-order valence-electron chi connectivity index (χ2n) is 5.29. The van der Waals surface area contributed by atoms with Crippen molar-refractivity contribution in [3.05, 3.63) is 72.8 Å². The van der Waals surface area contributed by atoms with Crippen LogP contribution in [0.4, 0.5) is 22.7 Å². The number of nitrogens with one attached hydrogen (secondary N) is 2. The lowest BCUT2D eigenvalue weighted by Crippen LogP contribution is -1.94. The number of methoxy groups -OCH3 is 2. The molecule has 4 nitrogen and oxygen atoms in total. The van der Waals surface area contributed by atoms with Gasteiger partial charge in [-0.2, -0.15) is 0 Å². The van der Waals surface area contributed by atoms with E-state index >= 15 is 0 Å². The Morgan fingerprint density at radius 2 is 0.917 bits per heavy atom. The quantitative estimate of drug-likeness (QED) is 0.656. The minimum absolute atomic E-state index is 0.825. The van der Waals surface area contributed by atoms with Gasteiger partial charge in [0.1, 0.15) is 11.5 Å². The summed E-state index contributed by atoms with van der Waals surface area (Å²) in [5.41, 5.74) is 3.95. The van der Waals surface area contributed by atoms with E-state index in [0.717, 1.165) is 34.2 Å². The summed E-state index contributed by atoms with van der Waals surface area (Å²) in [6.07, 6.45) is 0. The van der Waals surface area contributed by atoms with E-state index in [0.29, 0.717) is 0 Å². The lowest BCUT2D eigenvalue weighted by atomic mass is 10.2. The molecule has 0 aliphatic rings. The van der Waals surface area contributed by atoms with Gasteiger partial charge < -0.3 is 20.1 Å². The van der Waals surface area contributed by atoms with Crippen LogP contribution in [0.15, 0.2) is 72.8 Å². The summed E-state index contributed by atoms with van der Waals surface area (Å²) in [7, 11) is 3.33. The Bertz CT molecular complexity index is 753. The molecule has 0 unspecified atom stereocenters. The topological polar surface area (TPSA) is 42.5 Å². The van der Waals surface area contributed by atoms with Crippen LogP contribution in [-0.4, -0.2) is 14.2 Å². The Balaban J connectivity index is 1.76. The Morgan fingerprint density at radius 1 is 0.542 bits per heavy atom. The molecule has 0 atom stereocenters. The molecule has 3 rings (SSSR count). The first kappa shape index (κ1) is 15.7. The van der Waals surface area contributed by atoms with Crippen LogP contribution in [0.25, 0.3) is 0 Å². The van der Waals surface area contributed by atoms with E-state index in [2.05, 4.69) is 16.7 Å². The maximum absolute atomic E-state index is 5.25. The third-order valence-electron chi connectivity index (χ3n) is 3.58. The lowest BCUT2D eigenvalue weighted by molar-refractivity contribution is 0.415. The third kappa shape index (κ3) is 3.98. The standard InChI is InChI=1S/C20H20N2O2/c1-23-19-10-4-8-17(13-19)21-15-6-3-7-16(12-15)22-18-9-5-11-20(14-18)24-2/h3-14,21-22H,1-2H3. The minimum Gasteiger partial charge on any atom is -0.497 e. The molecule has 0 saturated carbocycles. The van der Waals surface area contributed by atoms with Gasteiger partial charge >= 0.3 is 0 Å². The molecule has 122 valence electrons. The summed E-state index contributed by atoms with van der Waals surface area (Å²) in [6.45, 7) is 0. The average Bonchev–Trinajstić information content (AvgIpc) is 2.62. The fraction of sp³-hybridized carbons (Fsp3) is 0.100. The zero-order valence-corrected chi connectivity index (χ0v) is 13.7. The number of rotatable bonds is 6. The molecule has 4 heteroatoms. The second kappa shape index (κ2) is 7.42. The zero-order valence-electron chi connectivity index (χ0n) is 13.7. The number of ether oxygens (including phenoxy) is 2. The van der Waals surface area contributed by atoms with Crippen molar-refractivity contribution >= 4 is 22.7 Å². The molecule has 0 radical (unpaired) electrons. The fourth-order valence-electron chi connectivity index (χ4n) is 2.41. The van der Waals surface area contributed by atoms with Gasteiger partial charge in [-0.15, -0.1) is 0 Å². The van der Waals surface area contributed by atoms with Crippen molar-refractivity contribution in [2.75, 3.05) is 24.9 Å². The molecule has 0 fully saturated rings. The number of hydrogen-bond acceptors (Lipinski definition) is 4. The summed E-state index contributed by atoms with van der Waals surface area (Å²) < 4.78 is 10.5. The minimum atomic E-state index is 0.825. The van der Waals surface area contributed by atoms with E-state index < -0.39 is 0 Å². The highest BCUT2D eigenvalue weighted by Crippen LogP contribution is 2.26. The molecule has 0 bridgehead atoms. The molecule has 0 amide bonds. The van der Waals surface area contributed by atoms with E-state index in [1.54, 1.807) is 14.2 Å². The van der Waals surface area contributed by atoms with Crippen molar-refractivity contribution in [1.29, 1.82) is 0 Å². The van der Waals surface area contributed by atoms with Gasteiger partial charge in [-0.25, -0.2) is 0 Å². The monoisotopic (exact) mass is 320 g/mol. The number of anilines is 4. The molecule has 0 heterocycles. The Hall–Kier alpha value is -3.14. The molecule has 24 heavy (non-hydrogen) atoms. The van der Waals surface area contributed by atoms with Crippen LogP contribution in [-0.2, 0) is 0 Å². The smallest absolute Gasteiger partial charge is 0.120 e. The van der Waals surface area contributed by atoms with Crippen molar-refractivity contribution in [3.63, 3.8) is 0 Å². The highest BCUT2D eigenvalue weighted by atomic mass is 16.5. The molecule has 0 aromatic heterocycles. The highest BCUT2D eigenvalue weighted by molar-refractivity contribution is 5.69. The molecule has 3 aromatic carbocycles. The summed E-state index contributed by atoms with van der Waals surface area (Å²) >= 11 is 0. The van der Waals surface area contributed by atoms with E-state index in [1.165, 1.54) is 0 Å². The first-order valence-electron chi connectivity index (χ1n) is 7.69. The largest absolute Gasteiger partial charge is 0.497 e. The Labute approximate surface area is 142 Å². The summed E-state index contributed by atoms with van der Waals surface area (Å²) in [4.78, 5) is 0. The van der Waals surface area contributed by atoms with Gasteiger partial charge in [-0.05, 0) is 42.5 Å². The lowest BCUT2D eigenvalue weighted by Gasteiger charge is -2.11. The predicted octanol–water partition coefficient (Wildman–Crippen LogP) is 5.19. The van der Waals surface area contributed by atoms with Gasteiger partial charge in [0.05, 0.1) is 14.2 Å². The van der Waals surface area contributed by atoms with E-state index in [1.807, 2.05) is 66.7 Å². The van der Waals surface area contributed by atoms with Crippen LogP contribution in [0, 0.1) is 0 Å². The maximum atomic E-state index is 5.25. The molecular weight excluding hydrogens is 300 g/mol. The highest BCUT2D eigenvalue weighted by Gasteiger charge is 2.00. The molecule has 0 aliphatic heterocycles. The van der Waals surface area contributed by atoms with Crippen molar-refractivity contribution < 1.29 is 9.47 Å². The van der Waals surface area contributed by atoms with Gasteiger partial charge in [0.2, 0.25) is 0 Å².